The molecule has 6 aromatic carbocycles. The molecule has 11 rings (SSSR count). The van der Waals surface area contributed by atoms with Gasteiger partial charge in [0.15, 0.2) is 0 Å². The van der Waals surface area contributed by atoms with Crippen LogP contribution in [0.4, 0.5) is 34.6 Å². The third-order valence-electron chi connectivity index (χ3n) is 9.64. The van der Waals surface area contributed by atoms with Crippen LogP contribution in [0.3, 0.4) is 0 Å². The first-order valence-corrected chi connectivity index (χ1v) is 17.2. The number of fused-ring (bicyclic) bond motifs is 9. The van der Waals surface area contributed by atoms with Gasteiger partial charge in [0.1, 0.15) is 22.3 Å². The Balaban J connectivity index is 1.03. The van der Waals surface area contributed by atoms with Crippen LogP contribution >= 0.6 is 0 Å². The van der Waals surface area contributed by atoms with E-state index in [1.807, 2.05) is 119 Å². The summed E-state index contributed by atoms with van der Waals surface area (Å²) in [5, 5.41) is 5.66. The zero-order chi connectivity index (χ0) is 34.9. The maximum atomic E-state index is 6.41. The second-order valence-electron chi connectivity index (χ2n) is 12.8. The van der Waals surface area contributed by atoms with Gasteiger partial charge < -0.3 is 13.3 Å². The Morgan fingerprint density at radius 1 is 0.340 bits per heavy atom. The van der Waals surface area contributed by atoms with Gasteiger partial charge in [0.05, 0.1) is 22.1 Å². The Bertz CT molecular complexity index is 2940. The van der Waals surface area contributed by atoms with Crippen LogP contribution in [-0.4, -0.2) is 19.9 Å². The number of hydrogen-bond acceptors (Lipinski definition) is 9. The van der Waals surface area contributed by atoms with Crippen LogP contribution in [0.25, 0.3) is 66.1 Å². The number of benzene rings is 6. The van der Waals surface area contributed by atoms with E-state index in [2.05, 4.69) is 36.4 Å². The van der Waals surface area contributed by atoms with E-state index < -0.39 is 0 Å². The highest BCUT2D eigenvalue weighted by Crippen LogP contribution is 2.40. The molecule has 53 heavy (non-hydrogen) atoms. The molecule has 0 saturated carbocycles. The molecule has 9 heteroatoms. The van der Waals surface area contributed by atoms with Crippen LogP contribution in [0, 0.1) is 0 Å². The predicted molar refractivity (Wildman–Crippen MR) is 209 cm³/mol. The molecule has 0 atom stereocenters. The topological polar surface area (TPSA) is 97.5 Å². The minimum Gasteiger partial charge on any atom is -0.456 e. The summed E-state index contributed by atoms with van der Waals surface area (Å²) in [4.78, 5) is 23.6. The first kappa shape index (κ1) is 29.2. The van der Waals surface area contributed by atoms with Crippen molar-refractivity contribution in [1.82, 2.24) is 19.9 Å². The summed E-state index contributed by atoms with van der Waals surface area (Å²) >= 11 is 0. The Morgan fingerprint density at radius 3 is 1.23 bits per heavy atom. The average molecular weight is 687 g/mol. The lowest BCUT2D eigenvalue weighted by Crippen LogP contribution is -2.13. The third-order valence-corrected chi connectivity index (χ3v) is 9.64. The molecule has 5 aromatic heterocycles. The number of nitrogens with zero attached hydrogens (tertiary/aromatic N) is 6. The normalized spacial score (nSPS) is 11.8. The zero-order valence-electron chi connectivity index (χ0n) is 27.9. The second-order valence-corrected chi connectivity index (χ2v) is 12.8. The Hall–Kier alpha value is -7.52. The van der Waals surface area contributed by atoms with E-state index in [1.54, 1.807) is 12.4 Å². The number of para-hydroxylation sites is 4. The highest BCUT2D eigenvalue weighted by atomic mass is 16.4. The van der Waals surface area contributed by atoms with Crippen LogP contribution in [0.5, 0.6) is 0 Å². The molecule has 0 aliphatic carbocycles. The summed E-state index contributed by atoms with van der Waals surface area (Å²) in [6.07, 6.45) is 3.54. The number of rotatable bonds is 6. The van der Waals surface area contributed by atoms with Gasteiger partial charge in [0, 0.05) is 57.4 Å². The Morgan fingerprint density at radius 2 is 0.755 bits per heavy atom. The molecule has 5 heterocycles. The lowest BCUT2D eigenvalue weighted by atomic mass is 10.1. The second kappa shape index (κ2) is 11.5. The summed E-state index contributed by atoms with van der Waals surface area (Å²) < 4.78 is 18.9. The van der Waals surface area contributed by atoms with Crippen molar-refractivity contribution in [2.75, 3.05) is 9.80 Å². The van der Waals surface area contributed by atoms with Gasteiger partial charge in [-0.25, -0.2) is 9.97 Å². The molecule has 0 fully saturated rings. The lowest BCUT2D eigenvalue weighted by molar-refractivity contribution is 0.638. The summed E-state index contributed by atoms with van der Waals surface area (Å²) in [5.74, 6) is 0.882. The van der Waals surface area contributed by atoms with Crippen molar-refractivity contribution in [2.24, 2.45) is 0 Å². The van der Waals surface area contributed by atoms with Crippen molar-refractivity contribution in [3.8, 4) is 0 Å². The third kappa shape index (κ3) is 4.71. The summed E-state index contributed by atoms with van der Waals surface area (Å²) in [5.41, 5.74) is 7.51. The quantitative estimate of drug-likeness (QED) is 0.169. The first-order chi connectivity index (χ1) is 26.2. The first-order valence-electron chi connectivity index (χ1n) is 17.2. The zero-order valence-corrected chi connectivity index (χ0v) is 27.9. The van der Waals surface area contributed by atoms with Crippen LogP contribution in [0.1, 0.15) is 0 Å². The van der Waals surface area contributed by atoms with Crippen molar-refractivity contribution < 1.29 is 13.3 Å². The molecule has 9 nitrogen and oxygen atoms in total. The van der Waals surface area contributed by atoms with Crippen molar-refractivity contribution in [1.29, 1.82) is 0 Å². The molecular weight excluding hydrogens is 661 g/mol. The molecule has 0 unspecified atom stereocenters. The summed E-state index contributed by atoms with van der Waals surface area (Å²) in [6, 6.07) is 48.4. The van der Waals surface area contributed by atoms with E-state index in [1.165, 1.54) is 0 Å². The van der Waals surface area contributed by atoms with Gasteiger partial charge in [0.25, 0.3) is 0 Å². The minimum absolute atomic E-state index is 0.400. The van der Waals surface area contributed by atoms with Gasteiger partial charge in [-0.1, -0.05) is 72.8 Å². The monoisotopic (exact) mass is 686 g/mol. The molecular formula is C44H26N6O3. The Labute approximate surface area is 301 Å². The van der Waals surface area contributed by atoms with Crippen molar-refractivity contribution in [3.63, 3.8) is 0 Å². The molecule has 0 saturated heterocycles. The predicted octanol–water partition coefficient (Wildman–Crippen LogP) is 11.9. The van der Waals surface area contributed by atoms with Crippen molar-refractivity contribution >= 4 is 101 Å². The fourth-order valence-corrected chi connectivity index (χ4v) is 7.17. The van der Waals surface area contributed by atoms with Gasteiger partial charge in [-0.05, 0) is 60.7 Å². The fourth-order valence-electron chi connectivity index (χ4n) is 7.17. The average Bonchev–Trinajstić information content (AvgIpc) is 3.89. The molecule has 250 valence electrons. The molecule has 0 aliphatic heterocycles. The Kier molecular flexibility index (Phi) is 6.35. The lowest BCUT2D eigenvalue weighted by Gasteiger charge is -2.22. The highest BCUT2D eigenvalue weighted by Gasteiger charge is 2.22. The summed E-state index contributed by atoms with van der Waals surface area (Å²) in [6.45, 7) is 0. The minimum atomic E-state index is 0.400. The summed E-state index contributed by atoms with van der Waals surface area (Å²) in [7, 11) is 0. The highest BCUT2D eigenvalue weighted by molar-refractivity contribution is 6.07. The van der Waals surface area contributed by atoms with Crippen LogP contribution < -0.4 is 9.80 Å². The molecule has 0 spiro atoms. The fraction of sp³-hybridized carbons (Fsp3) is 0. The van der Waals surface area contributed by atoms with E-state index in [9.17, 15) is 0 Å². The van der Waals surface area contributed by atoms with E-state index in [0.29, 0.717) is 34.1 Å². The molecule has 11 aromatic rings. The van der Waals surface area contributed by atoms with Crippen molar-refractivity contribution in [3.05, 3.63) is 158 Å². The molecule has 0 amide bonds. The number of furan rings is 3. The van der Waals surface area contributed by atoms with Crippen LogP contribution in [0.15, 0.2) is 171 Å². The molecule has 0 N–H and O–H groups in total. The number of hydrogen-bond donors (Lipinski definition) is 0. The maximum absolute atomic E-state index is 6.41. The van der Waals surface area contributed by atoms with E-state index >= 15 is 0 Å². The number of aromatic nitrogens is 4. The van der Waals surface area contributed by atoms with Gasteiger partial charge in [-0.2, -0.15) is 9.97 Å². The van der Waals surface area contributed by atoms with Gasteiger partial charge >= 0.3 is 0 Å². The number of anilines is 6. The maximum Gasteiger partial charge on any atom is 0.237 e. The van der Waals surface area contributed by atoms with Crippen molar-refractivity contribution in [2.45, 2.75) is 0 Å². The SMILES string of the molecule is c1ccc(N(c2ccc3c(c2)oc2ccccc23)c2ncc3c(n2)oc2nc(N(c4ccccc4)c4ccc5c(c4)oc4ccccc45)ncc23)cc1. The van der Waals surface area contributed by atoms with E-state index in [0.717, 1.165) is 66.6 Å². The van der Waals surface area contributed by atoms with E-state index in [4.69, 9.17) is 33.2 Å². The smallest absolute Gasteiger partial charge is 0.237 e. The molecule has 0 bridgehead atoms. The molecule has 0 radical (unpaired) electrons. The van der Waals surface area contributed by atoms with Gasteiger partial charge in [0.2, 0.25) is 23.3 Å². The van der Waals surface area contributed by atoms with Gasteiger partial charge in [-0.15, -0.1) is 0 Å². The standard InChI is InChI=1S/C44H26N6O3/c1-3-11-27(12-4-1)49(29-19-21-33-31-15-7-9-17-37(31)51-39(33)23-29)43-45-25-35-36-26-46-44(48-42(36)53-41(35)47-43)50(28-13-5-2-6-14-28)30-20-22-34-32-16-8-10-18-38(32)52-40(34)24-30/h1-26H. The van der Waals surface area contributed by atoms with Crippen LogP contribution in [-0.2, 0) is 0 Å². The van der Waals surface area contributed by atoms with Crippen LogP contribution in [0.2, 0.25) is 0 Å². The largest absolute Gasteiger partial charge is 0.456 e. The van der Waals surface area contributed by atoms with Gasteiger partial charge in [-0.3, -0.25) is 9.80 Å². The van der Waals surface area contributed by atoms with E-state index in [-0.39, 0.29) is 0 Å². The molecule has 0 aliphatic rings.